The van der Waals surface area contributed by atoms with E-state index in [4.69, 9.17) is 15.9 Å². The molecule has 0 amide bonds. The Kier molecular flexibility index (Phi) is 7.00. The molecule has 1 unspecified atom stereocenters. The molecular formula is C27H31N3O3. The van der Waals surface area contributed by atoms with Crippen molar-refractivity contribution in [1.82, 2.24) is 14.5 Å². The molecule has 6 nitrogen and oxygen atoms in total. The second kappa shape index (κ2) is 10.1. The van der Waals surface area contributed by atoms with Crippen molar-refractivity contribution in [3.8, 4) is 35.0 Å². The lowest BCUT2D eigenvalue weighted by Crippen LogP contribution is -2.35. The summed E-state index contributed by atoms with van der Waals surface area (Å²) in [7, 11) is 5.14. The summed E-state index contributed by atoms with van der Waals surface area (Å²) in [5, 5.41) is 1.45. The minimum atomic E-state index is -0.0677. The number of hydrogen-bond acceptors (Lipinski definition) is 5. The maximum Gasteiger partial charge on any atom is 0.259 e. The highest BCUT2D eigenvalue weighted by molar-refractivity contribution is 5.95. The molecule has 2 aromatic heterocycles. The summed E-state index contributed by atoms with van der Waals surface area (Å²) in [6, 6.07) is 5.96. The number of piperidine rings is 1. The summed E-state index contributed by atoms with van der Waals surface area (Å²) < 4.78 is 13.3. The predicted octanol–water partition coefficient (Wildman–Crippen LogP) is 4.24. The molecule has 4 rings (SSSR count). The Morgan fingerprint density at radius 1 is 1.21 bits per heavy atom. The minimum absolute atomic E-state index is 0.0677. The molecular weight excluding hydrogens is 414 g/mol. The standard InChI is InChI=1S/C27H31N3O3/c1-5-6-8-19-9-7-12-30(16-19)18-24-25(32-3)13-20(14-26(24)33-4)23-17-29(2)27(31)22-15-28-11-10-21(22)23/h1,10-11,13-15,17,19H,6-9,12,16,18H2,2-4H3. The van der Waals surface area contributed by atoms with Crippen LogP contribution in [0.3, 0.4) is 0 Å². The zero-order valence-corrected chi connectivity index (χ0v) is 19.6. The molecule has 1 saturated heterocycles. The Morgan fingerprint density at radius 3 is 2.67 bits per heavy atom. The second-order valence-corrected chi connectivity index (χ2v) is 8.73. The predicted molar refractivity (Wildman–Crippen MR) is 132 cm³/mol. The van der Waals surface area contributed by atoms with Gasteiger partial charge in [0.25, 0.3) is 5.56 Å². The Hall–Kier alpha value is -3.30. The van der Waals surface area contributed by atoms with Gasteiger partial charge in [-0.1, -0.05) is 0 Å². The summed E-state index contributed by atoms with van der Waals surface area (Å²) in [6.45, 7) is 2.85. The largest absolute Gasteiger partial charge is 0.496 e. The smallest absolute Gasteiger partial charge is 0.259 e. The molecule has 33 heavy (non-hydrogen) atoms. The van der Waals surface area contributed by atoms with Gasteiger partial charge >= 0.3 is 0 Å². The molecule has 1 fully saturated rings. The average molecular weight is 446 g/mol. The van der Waals surface area contributed by atoms with Crippen molar-refractivity contribution >= 4 is 10.8 Å². The maximum absolute atomic E-state index is 12.6. The lowest BCUT2D eigenvalue weighted by Gasteiger charge is -2.33. The van der Waals surface area contributed by atoms with Crippen LogP contribution >= 0.6 is 0 Å². The molecule has 1 aromatic carbocycles. The minimum Gasteiger partial charge on any atom is -0.496 e. The molecule has 3 heterocycles. The molecule has 1 aliphatic heterocycles. The van der Waals surface area contributed by atoms with Gasteiger partial charge < -0.3 is 14.0 Å². The van der Waals surface area contributed by atoms with E-state index in [1.807, 2.05) is 24.4 Å². The van der Waals surface area contributed by atoms with Gasteiger partial charge in [0.05, 0.1) is 25.2 Å². The molecule has 0 radical (unpaired) electrons. The molecule has 0 aliphatic carbocycles. The van der Waals surface area contributed by atoms with Crippen molar-refractivity contribution in [3.05, 3.63) is 52.7 Å². The molecule has 172 valence electrons. The Labute approximate surface area is 195 Å². The van der Waals surface area contributed by atoms with Crippen LogP contribution in [-0.4, -0.2) is 41.8 Å². The van der Waals surface area contributed by atoms with Gasteiger partial charge in [-0.15, -0.1) is 12.3 Å². The third-order valence-corrected chi connectivity index (χ3v) is 6.59. The number of likely N-dealkylation sites (tertiary alicyclic amines) is 1. The van der Waals surface area contributed by atoms with E-state index < -0.39 is 0 Å². The van der Waals surface area contributed by atoms with Crippen LogP contribution in [0.25, 0.3) is 21.9 Å². The normalized spacial score (nSPS) is 16.5. The van der Waals surface area contributed by atoms with Gasteiger partial charge in [0.15, 0.2) is 0 Å². The second-order valence-electron chi connectivity index (χ2n) is 8.73. The van der Waals surface area contributed by atoms with Gasteiger partial charge in [-0.05, 0) is 60.9 Å². The quantitative estimate of drug-likeness (QED) is 0.509. The van der Waals surface area contributed by atoms with Crippen LogP contribution < -0.4 is 15.0 Å². The molecule has 1 atom stereocenters. The maximum atomic E-state index is 12.6. The summed E-state index contributed by atoms with van der Waals surface area (Å²) >= 11 is 0. The van der Waals surface area contributed by atoms with E-state index in [1.54, 1.807) is 38.2 Å². The van der Waals surface area contributed by atoms with Gasteiger partial charge in [0.1, 0.15) is 11.5 Å². The first kappa shape index (κ1) is 22.9. The summed E-state index contributed by atoms with van der Waals surface area (Å²) in [6.07, 6.45) is 15.0. The lowest BCUT2D eigenvalue weighted by molar-refractivity contribution is 0.159. The van der Waals surface area contributed by atoms with Crippen LogP contribution in [-0.2, 0) is 13.6 Å². The Balaban J connectivity index is 1.72. The zero-order chi connectivity index (χ0) is 23.4. The van der Waals surface area contributed by atoms with Gasteiger partial charge in [-0.3, -0.25) is 14.7 Å². The van der Waals surface area contributed by atoms with Crippen molar-refractivity contribution in [2.75, 3.05) is 27.3 Å². The van der Waals surface area contributed by atoms with E-state index in [-0.39, 0.29) is 5.56 Å². The fourth-order valence-corrected chi connectivity index (χ4v) is 4.88. The van der Waals surface area contributed by atoms with Crippen molar-refractivity contribution < 1.29 is 9.47 Å². The van der Waals surface area contributed by atoms with Crippen LogP contribution in [0.15, 0.2) is 41.6 Å². The molecule has 6 heteroatoms. The van der Waals surface area contributed by atoms with Crippen molar-refractivity contribution in [3.63, 3.8) is 0 Å². The SMILES string of the molecule is C#CCCC1CCCN(Cc2c(OC)cc(-c3cn(C)c(=O)c4cnccc34)cc2OC)C1. The number of fused-ring (bicyclic) bond motifs is 1. The number of rotatable bonds is 7. The number of terminal acetylenes is 1. The number of aromatic nitrogens is 2. The van der Waals surface area contributed by atoms with E-state index in [2.05, 4.69) is 15.8 Å². The lowest BCUT2D eigenvalue weighted by atomic mass is 9.93. The number of pyridine rings is 2. The summed E-state index contributed by atoms with van der Waals surface area (Å²) in [5.74, 6) is 4.98. The number of aryl methyl sites for hydroxylation is 1. The number of methoxy groups -OCH3 is 2. The zero-order valence-electron chi connectivity index (χ0n) is 19.6. The van der Waals surface area contributed by atoms with E-state index in [1.165, 1.54) is 12.8 Å². The van der Waals surface area contributed by atoms with Crippen LogP contribution in [0.1, 0.15) is 31.2 Å². The third kappa shape index (κ3) is 4.74. The first-order valence-electron chi connectivity index (χ1n) is 11.4. The van der Waals surface area contributed by atoms with Crippen LogP contribution in [0.2, 0.25) is 0 Å². The van der Waals surface area contributed by atoms with Gasteiger partial charge in [0.2, 0.25) is 0 Å². The van der Waals surface area contributed by atoms with Crippen molar-refractivity contribution in [1.29, 1.82) is 0 Å². The van der Waals surface area contributed by atoms with E-state index in [0.717, 1.165) is 66.1 Å². The summed E-state index contributed by atoms with van der Waals surface area (Å²) in [5.41, 5.74) is 2.84. The Morgan fingerprint density at radius 2 is 1.97 bits per heavy atom. The molecule has 3 aromatic rings. The molecule has 1 aliphatic rings. The molecule has 0 N–H and O–H groups in total. The van der Waals surface area contributed by atoms with E-state index in [9.17, 15) is 4.79 Å². The first-order valence-corrected chi connectivity index (χ1v) is 11.4. The highest BCUT2D eigenvalue weighted by Gasteiger charge is 2.23. The van der Waals surface area contributed by atoms with E-state index >= 15 is 0 Å². The fourth-order valence-electron chi connectivity index (χ4n) is 4.88. The molecule has 0 spiro atoms. The Bertz CT molecular complexity index is 1220. The molecule has 0 bridgehead atoms. The highest BCUT2D eigenvalue weighted by atomic mass is 16.5. The number of ether oxygens (including phenoxy) is 2. The van der Waals surface area contributed by atoms with Crippen LogP contribution in [0.5, 0.6) is 11.5 Å². The fraction of sp³-hybridized carbons (Fsp3) is 0.407. The first-order chi connectivity index (χ1) is 16.0. The monoisotopic (exact) mass is 445 g/mol. The van der Waals surface area contributed by atoms with Crippen molar-refractivity contribution in [2.45, 2.75) is 32.2 Å². The average Bonchev–Trinajstić information content (AvgIpc) is 2.85. The third-order valence-electron chi connectivity index (χ3n) is 6.59. The highest BCUT2D eigenvalue weighted by Crippen LogP contribution is 2.38. The number of nitrogens with zero attached hydrogens (tertiary/aromatic N) is 3. The van der Waals surface area contributed by atoms with Crippen molar-refractivity contribution in [2.24, 2.45) is 13.0 Å². The molecule has 0 saturated carbocycles. The van der Waals surface area contributed by atoms with Crippen LogP contribution in [0.4, 0.5) is 0 Å². The van der Waals surface area contributed by atoms with Gasteiger partial charge in [-0.25, -0.2) is 0 Å². The van der Waals surface area contributed by atoms with Crippen LogP contribution in [0, 0.1) is 18.3 Å². The number of hydrogen-bond donors (Lipinski definition) is 0. The van der Waals surface area contributed by atoms with Gasteiger partial charge in [0, 0.05) is 50.7 Å². The number of benzene rings is 1. The van der Waals surface area contributed by atoms with Gasteiger partial charge in [-0.2, -0.15) is 0 Å². The summed E-state index contributed by atoms with van der Waals surface area (Å²) in [4.78, 5) is 19.2. The van der Waals surface area contributed by atoms with E-state index in [0.29, 0.717) is 11.3 Å². The topological polar surface area (TPSA) is 56.6 Å².